The molecule has 3 aromatic rings. The maximum atomic E-state index is 11.8. The normalized spacial score (nSPS) is 9.89. The zero-order valence-electron chi connectivity index (χ0n) is 19.1. The highest BCUT2D eigenvalue weighted by Gasteiger charge is 2.24. The fraction of sp³-hybridized carbons (Fsp3) is 0.217. The summed E-state index contributed by atoms with van der Waals surface area (Å²) in [5.74, 6) is -1.34. The van der Waals surface area contributed by atoms with Crippen LogP contribution in [0.25, 0.3) is 0 Å². The van der Waals surface area contributed by atoms with E-state index in [4.69, 9.17) is 15.2 Å². The number of H-pyrrole nitrogens is 1. The van der Waals surface area contributed by atoms with E-state index in [1.807, 2.05) is 30.3 Å². The van der Waals surface area contributed by atoms with E-state index in [1.165, 1.54) is 24.3 Å². The number of carbonyl (C=O) groups is 2. The van der Waals surface area contributed by atoms with Crippen molar-refractivity contribution < 1.29 is 28.7 Å². The van der Waals surface area contributed by atoms with Gasteiger partial charge >= 0.3 is 17.6 Å². The van der Waals surface area contributed by atoms with Crippen molar-refractivity contribution in [3.63, 3.8) is 0 Å². The lowest BCUT2D eigenvalue weighted by atomic mass is 10.2. The Balaban J connectivity index is 0.000000283. The number of nitrogens with two attached hydrogens (primary N) is 1. The van der Waals surface area contributed by atoms with E-state index in [2.05, 4.69) is 14.7 Å². The van der Waals surface area contributed by atoms with Crippen molar-refractivity contribution in [2.75, 3.05) is 18.9 Å². The Morgan fingerprint density at radius 3 is 2.29 bits per heavy atom. The van der Waals surface area contributed by atoms with Gasteiger partial charge in [0.2, 0.25) is 17.1 Å². The number of carbonyl (C=O) groups excluding carboxylic acids is 2. The number of aromatic nitrogens is 2. The number of ether oxygens (including phenoxy) is 3. The van der Waals surface area contributed by atoms with Crippen LogP contribution in [0.15, 0.2) is 59.4 Å². The summed E-state index contributed by atoms with van der Waals surface area (Å²) in [6.07, 6.45) is 0. The Morgan fingerprint density at radius 1 is 1.00 bits per heavy atom. The third-order valence-corrected chi connectivity index (χ3v) is 4.17. The minimum absolute atomic E-state index is 0.00866. The summed E-state index contributed by atoms with van der Waals surface area (Å²) < 4.78 is 14.9. The van der Waals surface area contributed by atoms with Gasteiger partial charge in [0.15, 0.2) is 5.69 Å². The van der Waals surface area contributed by atoms with Gasteiger partial charge in [0.05, 0.1) is 23.8 Å². The Kier molecular flexibility index (Phi) is 9.91. The number of hydrogen-bond acceptors (Lipinski definition) is 10. The van der Waals surface area contributed by atoms with E-state index in [1.54, 1.807) is 13.8 Å². The van der Waals surface area contributed by atoms with Gasteiger partial charge < -0.3 is 24.9 Å². The van der Waals surface area contributed by atoms with E-state index >= 15 is 0 Å². The number of rotatable bonds is 8. The smallest absolute Gasteiger partial charge is 0.364 e. The minimum Gasteiger partial charge on any atom is -0.473 e. The van der Waals surface area contributed by atoms with Crippen molar-refractivity contribution in [3.8, 4) is 5.88 Å². The van der Waals surface area contributed by atoms with Crippen LogP contribution < -0.4 is 16.0 Å². The number of nitrogens with zero attached hydrogens (tertiary/aromatic N) is 2. The summed E-state index contributed by atoms with van der Waals surface area (Å²) in [5, 5.41) is 10.9. The lowest BCUT2D eigenvalue weighted by molar-refractivity contribution is -0.385. The molecule has 35 heavy (non-hydrogen) atoms. The van der Waals surface area contributed by atoms with Crippen LogP contribution in [0.2, 0.25) is 0 Å². The molecule has 0 radical (unpaired) electrons. The van der Waals surface area contributed by atoms with Crippen molar-refractivity contribution in [1.82, 2.24) is 9.97 Å². The molecule has 2 aromatic heterocycles. The Bertz CT molecular complexity index is 1230. The molecule has 0 saturated carbocycles. The summed E-state index contributed by atoms with van der Waals surface area (Å²) in [5.41, 5.74) is 5.43. The van der Waals surface area contributed by atoms with E-state index in [0.717, 1.165) is 5.56 Å². The molecule has 3 rings (SSSR count). The maximum Gasteiger partial charge on any atom is 0.364 e. The monoisotopic (exact) mass is 484 g/mol. The van der Waals surface area contributed by atoms with Gasteiger partial charge in [0, 0.05) is 18.2 Å². The van der Waals surface area contributed by atoms with E-state index in [-0.39, 0.29) is 48.3 Å². The van der Waals surface area contributed by atoms with Gasteiger partial charge in [-0.15, -0.1) is 0 Å². The SMILES string of the molecule is CCOC(=O)c1[nH]c(=O)ccc1N.CCOC(=O)c1nc(OCc2ccccc2)ccc1[N+](=O)[O-]. The van der Waals surface area contributed by atoms with Crippen LogP contribution in [-0.2, 0) is 16.1 Å². The second-order valence-corrected chi connectivity index (χ2v) is 6.64. The Morgan fingerprint density at radius 2 is 1.66 bits per heavy atom. The fourth-order valence-electron chi connectivity index (χ4n) is 2.60. The zero-order valence-corrected chi connectivity index (χ0v) is 19.1. The first kappa shape index (κ1) is 26.5. The zero-order chi connectivity index (χ0) is 25.8. The second-order valence-electron chi connectivity index (χ2n) is 6.64. The van der Waals surface area contributed by atoms with E-state index in [9.17, 15) is 24.5 Å². The van der Waals surface area contributed by atoms with Crippen molar-refractivity contribution in [1.29, 1.82) is 0 Å². The molecule has 3 N–H and O–H groups in total. The van der Waals surface area contributed by atoms with Crippen molar-refractivity contribution in [3.05, 3.63) is 92.0 Å². The molecular weight excluding hydrogens is 460 g/mol. The number of hydrogen-bond donors (Lipinski definition) is 2. The lowest BCUT2D eigenvalue weighted by Crippen LogP contribution is -2.16. The van der Waals surface area contributed by atoms with Crippen molar-refractivity contribution in [2.24, 2.45) is 0 Å². The van der Waals surface area contributed by atoms with Gasteiger partial charge in [0.25, 0.3) is 0 Å². The van der Waals surface area contributed by atoms with Gasteiger partial charge in [-0.2, -0.15) is 4.98 Å². The van der Waals surface area contributed by atoms with Crippen LogP contribution in [0.1, 0.15) is 40.4 Å². The first-order valence-corrected chi connectivity index (χ1v) is 10.4. The summed E-state index contributed by atoms with van der Waals surface area (Å²) in [6, 6.07) is 14.5. The third-order valence-electron chi connectivity index (χ3n) is 4.17. The molecule has 0 spiro atoms. The molecule has 0 saturated heterocycles. The van der Waals surface area contributed by atoms with Gasteiger partial charge in [0.1, 0.15) is 6.61 Å². The molecule has 2 heterocycles. The van der Waals surface area contributed by atoms with Crippen LogP contribution in [0, 0.1) is 10.1 Å². The van der Waals surface area contributed by atoms with Gasteiger partial charge in [-0.1, -0.05) is 30.3 Å². The third kappa shape index (κ3) is 7.96. The number of esters is 2. The predicted molar refractivity (Wildman–Crippen MR) is 125 cm³/mol. The molecule has 12 heteroatoms. The fourth-order valence-corrected chi connectivity index (χ4v) is 2.60. The number of aromatic amines is 1. The molecule has 0 aliphatic rings. The molecule has 0 bridgehead atoms. The van der Waals surface area contributed by atoms with Crippen LogP contribution in [0.3, 0.4) is 0 Å². The van der Waals surface area contributed by atoms with E-state index < -0.39 is 22.5 Å². The molecule has 1 aromatic carbocycles. The molecular formula is C23H24N4O8. The molecule has 0 unspecified atom stereocenters. The largest absolute Gasteiger partial charge is 0.473 e. The number of benzene rings is 1. The topological polar surface area (TPSA) is 177 Å². The summed E-state index contributed by atoms with van der Waals surface area (Å²) in [7, 11) is 0. The molecule has 0 fully saturated rings. The van der Waals surface area contributed by atoms with Crippen LogP contribution in [0.5, 0.6) is 5.88 Å². The average Bonchev–Trinajstić information content (AvgIpc) is 2.85. The first-order valence-electron chi connectivity index (χ1n) is 10.4. The maximum absolute atomic E-state index is 11.8. The summed E-state index contributed by atoms with van der Waals surface area (Å²) >= 11 is 0. The summed E-state index contributed by atoms with van der Waals surface area (Å²) in [4.78, 5) is 50.2. The number of pyridine rings is 2. The molecule has 184 valence electrons. The summed E-state index contributed by atoms with van der Waals surface area (Å²) in [6.45, 7) is 3.88. The van der Waals surface area contributed by atoms with Crippen LogP contribution in [0.4, 0.5) is 11.4 Å². The molecule has 0 aliphatic carbocycles. The number of anilines is 1. The van der Waals surface area contributed by atoms with Gasteiger partial charge in [-0.05, 0) is 25.5 Å². The highest BCUT2D eigenvalue weighted by atomic mass is 16.6. The molecule has 12 nitrogen and oxygen atoms in total. The quantitative estimate of drug-likeness (QED) is 0.274. The van der Waals surface area contributed by atoms with Gasteiger partial charge in [-0.3, -0.25) is 14.9 Å². The Labute approximate surface area is 199 Å². The Hall–Kier alpha value is -4.74. The van der Waals surface area contributed by atoms with Crippen LogP contribution in [-0.4, -0.2) is 40.0 Å². The molecule has 0 amide bonds. The second kappa shape index (κ2) is 13.1. The standard InChI is InChI=1S/C15H14N2O5.C8H10N2O3/c1-2-21-15(18)14-12(17(19)20)8-9-13(16-14)22-10-11-6-4-3-5-7-11;1-2-13-8(12)7-5(9)3-4-6(11)10-7/h3-9H,2,10H2,1H3;3-4H,2,9H2,1H3,(H,10,11). The average molecular weight is 484 g/mol. The number of nitrogen functional groups attached to an aromatic ring is 1. The molecule has 0 atom stereocenters. The van der Waals surface area contributed by atoms with Crippen LogP contribution >= 0.6 is 0 Å². The number of nitrogens with one attached hydrogen (secondary N) is 1. The number of nitro groups is 1. The molecule has 0 aliphatic heterocycles. The van der Waals surface area contributed by atoms with Gasteiger partial charge in [-0.25, -0.2) is 9.59 Å². The minimum atomic E-state index is -0.848. The van der Waals surface area contributed by atoms with Crippen molar-refractivity contribution in [2.45, 2.75) is 20.5 Å². The van der Waals surface area contributed by atoms with Crippen molar-refractivity contribution >= 4 is 23.3 Å². The first-order chi connectivity index (χ1) is 16.8. The predicted octanol–water partition coefficient (Wildman–Crippen LogP) is 2.88. The highest BCUT2D eigenvalue weighted by Crippen LogP contribution is 2.21. The lowest BCUT2D eigenvalue weighted by Gasteiger charge is -2.07. The van der Waals surface area contributed by atoms with E-state index in [0.29, 0.717) is 0 Å². The highest BCUT2D eigenvalue weighted by molar-refractivity contribution is 5.92.